The molecule has 0 spiro atoms. The van der Waals surface area contributed by atoms with Gasteiger partial charge in [0.25, 0.3) is 0 Å². The van der Waals surface area contributed by atoms with E-state index in [1.165, 1.54) is 6.42 Å². The molecule has 1 saturated heterocycles. The van der Waals surface area contributed by atoms with Crippen LogP contribution in [0.15, 0.2) is 6.20 Å². The lowest BCUT2D eigenvalue weighted by molar-refractivity contribution is 0.322. The Balaban J connectivity index is 2.21. The molecule has 2 rings (SSSR count). The van der Waals surface area contributed by atoms with Crippen molar-refractivity contribution >= 4 is 11.8 Å². The second-order valence-corrected chi connectivity index (χ2v) is 5.14. The van der Waals surface area contributed by atoms with Gasteiger partial charge in [-0.1, -0.05) is 13.8 Å². The van der Waals surface area contributed by atoms with E-state index in [-0.39, 0.29) is 0 Å². The van der Waals surface area contributed by atoms with Gasteiger partial charge in [0, 0.05) is 31.9 Å². The van der Waals surface area contributed by atoms with Gasteiger partial charge >= 0.3 is 0 Å². The number of piperidine rings is 1. The van der Waals surface area contributed by atoms with E-state index in [2.05, 4.69) is 41.0 Å². The molecule has 0 bridgehead atoms. The quantitative estimate of drug-likeness (QED) is 0.852. The van der Waals surface area contributed by atoms with E-state index in [0.29, 0.717) is 5.95 Å². The van der Waals surface area contributed by atoms with Gasteiger partial charge in [-0.25, -0.2) is 4.98 Å². The Morgan fingerprint density at radius 3 is 2.76 bits per heavy atom. The Morgan fingerprint density at radius 1 is 1.35 bits per heavy atom. The van der Waals surface area contributed by atoms with Crippen molar-refractivity contribution in [2.45, 2.75) is 27.2 Å². The number of nitrogens with one attached hydrogen (secondary N) is 1. The molecule has 1 aliphatic heterocycles. The smallest absolute Gasteiger partial charge is 0.224 e. The topological polar surface area (TPSA) is 41.1 Å². The van der Waals surface area contributed by atoms with Gasteiger partial charge in [-0.3, -0.25) is 0 Å². The van der Waals surface area contributed by atoms with E-state index in [1.54, 1.807) is 0 Å². The molecule has 2 unspecified atom stereocenters. The highest BCUT2D eigenvalue weighted by atomic mass is 15.2. The standard InChI is InChI=1S/C13H22N4/c1-9-5-6-17(8-11(9)3)12-10(2)7-15-13(14-4)16-12/h7,9,11H,5-6,8H2,1-4H3,(H,14,15,16). The third-order valence-corrected chi connectivity index (χ3v) is 3.80. The van der Waals surface area contributed by atoms with Crippen LogP contribution in [0.1, 0.15) is 25.8 Å². The summed E-state index contributed by atoms with van der Waals surface area (Å²) in [4.78, 5) is 11.2. The molecule has 1 aliphatic rings. The summed E-state index contributed by atoms with van der Waals surface area (Å²) in [6, 6.07) is 0. The number of hydrogen-bond donors (Lipinski definition) is 1. The van der Waals surface area contributed by atoms with E-state index in [1.807, 2.05) is 13.2 Å². The molecule has 94 valence electrons. The van der Waals surface area contributed by atoms with Crippen LogP contribution in [-0.4, -0.2) is 30.1 Å². The number of anilines is 2. The predicted octanol–water partition coefficient (Wildman–Crippen LogP) is 2.31. The van der Waals surface area contributed by atoms with Gasteiger partial charge in [-0.05, 0) is 25.2 Å². The van der Waals surface area contributed by atoms with E-state index < -0.39 is 0 Å². The van der Waals surface area contributed by atoms with E-state index >= 15 is 0 Å². The minimum atomic E-state index is 0.705. The van der Waals surface area contributed by atoms with Gasteiger partial charge in [-0.15, -0.1) is 0 Å². The maximum Gasteiger partial charge on any atom is 0.224 e. The molecule has 4 heteroatoms. The average molecular weight is 234 g/mol. The summed E-state index contributed by atoms with van der Waals surface area (Å²) in [6.45, 7) is 8.95. The molecule has 0 radical (unpaired) electrons. The molecular weight excluding hydrogens is 212 g/mol. The molecule has 0 aromatic carbocycles. The Labute approximate surface area is 103 Å². The lowest BCUT2D eigenvalue weighted by Crippen LogP contribution is -2.39. The fourth-order valence-corrected chi connectivity index (χ4v) is 2.33. The fraction of sp³-hybridized carbons (Fsp3) is 0.692. The van der Waals surface area contributed by atoms with Gasteiger partial charge in [0.1, 0.15) is 5.82 Å². The highest BCUT2D eigenvalue weighted by Crippen LogP contribution is 2.27. The first-order valence-electron chi connectivity index (χ1n) is 6.38. The van der Waals surface area contributed by atoms with Crippen molar-refractivity contribution in [1.29, 1.82) is 0 Å². The molecule has 17 heavy (non-hydrogen) atoms. The maximum absolute atomic E-state index is 4.58. The molecular formula is C13H22N4. The summed E-state index contributed by atoms with van der Waals surface area (Å²) in [7, 11) is 1.86. The molecule has 4 nitrogen and oxygen atoms in total. The lowest BCUT2D eigenvalue weighted by Gasteiger charge is -2.36. The summed E-state index contributed by atoms with van der Waals surface area (Å²) in [5, 5.41) is 3.00. The lowest BCUT2D eigenvalue weighted by atomic mass is 9.88. The van der Waals surface area contributed by atoms with Gasteiger partial charge in [0.05, 0.1) is 0 Å². The zero-order chi connectivity index (χ0) is 12.4. The summed E-state index contributed by atoms with van der Waals surface area (Å²) < 4.78 is 0. The summed E-state index contributed by atoms with van der Waals surface area (Å²) in [6.07, 6.45) is 3.15. The first-order chi connectivity index (χ1) is 8.11. The second kappa shape index (κ2) is 4.90. The number of nitrogens with zero attached hydrogens (tertiary/aromatic N) is 3. The van der Waals surface area contributed by atoms with Crippen LogP contribution >= 0.6 is 0 Å². The summed E-state index contributed by atoms with van der Waals surface area (Å²) >= 11 is 0. The van der Waals surface area contributed by atoms with E-state index in [9.17, 15) is 0 Å². The first-order valence-corrected chi connectivity index (χ1v) is 6.38. The van der Waals surface area contributed by atoms with Crippen molar-refractivity contribution in [2.24, 2.45) is 11.8 Å². The number of aryl methyl sites for hydroxylation is 1. The summed E-state index contributed by atoms with van der Waals surface area (Å²) in [5.74, 6) is 3.34. The zero-order valence-electron chi connectivity index (χ0n) is 11.2. The molecule has 1 fully saturated rings. The van der Waals surface area contributed by atoms with Crippen LogP contribution in [0.3, 0.4) is 0 Å². The summed E-state index contributed by atoms with van der Waals surface area (Å²) in [5.41, 5.74) is 1.16. The molecule has 1 aromatic rings. The van der Waals surface area contributed by atoms with Gasteiger partial charge in [-0.2, -0.15) is 4.98 Å². The number of aromatic nitrogens is 2. The Kier molecular flexibility index (Phi) is 3.50. The predicted molar refractivity (Wildman–Crippen MR) is 71.5 cm³/mol. The Hall–Kier alpha value is -1.32. The fourth-order valence-electron chi connectivity index (χ4n) is 2.33. The minimum Gasteiger partial charge on any atom is -0.357 e. The van der Waals surface area contributed by atoms with Crippen LogP contribution < -0.4 is 10.2 Å². The monoisotopic (exact) mass is 234 g/mol. The Morgan fingerprint density at radius 2 is 2.12 bits per heavy atom. The van der Waals surface area contributed by atoms with Crippen LogP contribution in [0.2, 0.25) is 0 Å². The molecule has 1 N–H and O–H groups in total. The normalized spacial score (nSPS) is 24.8. The van der Waals surface area contributed by atoms with Gasteiger partial charge in [0.2, 0.25) is 5.95 Å². The molecule has 2 atom stereocenters. The van der Waals surface area contributed by atoms with Crippen LogP contribution in [0.4, 0.5) is 11.8 Å². The van der Waals surface area contributed by atoms with Crippen molar-refractivity contribution in [3.8, 4) is 0 Å². The molecule has 0 saturated carbocycles. The van der Waals surface area contributed by atoms with Crippen LogP contribution in [-0.2, 0) is 0 Å². The van der Waals surface area contributed by atoms with Crippen molar-refractivity contribution < 1.29 is 0 Å². The molecule has 0 amide bonds. The molecule has 1 aromatic heterocycles. The highest BCUT2D eigenvalue weighted by molar-refractivity contribution is 5.49. The number of hydrogen-bond acceptors (Lipinski definition) is 4. The maximum atomic E-state index is 4.58. The highest BCUT2D eigenvalue weighted by Gasteiger charge is 2.24. The first kappa shape index (κ1) is 12.1. The average Bonchev–Trinajstić information content (AvgIpc) is 2.33. The van der Waals surface area contributed by atoms with E-state index in [0.717, 1.165) is 36.3 Å². The van der Waals surface area contributed by atoms with Crippen molar-refractivity contribution in [2.75, 3.05) is 30.4 Å². The van der Waals surface area contributed by atoms with Crippen molar-refractivity contribution in [1.82, 2.24) is 9.97 Å². The van der Waals surface area contributed by atoms with Crippen molar-refractivity contribution in [3.63, 3.8) is 0 Å². The third kappa shape index (κ3) is 2.51. The van der Waals surface area contributed by atoms with Gasteiger partial charge < -0.3 is 10.2 Å². The van der Waals surface area contributed by atoms with E-state index in [4.69, 9.17) is 0 Å². The largest absolute Gasteiger partial charge is 0.357 e. The van der Waals surface area contributed by atoms with Gasteiger partial charge in [0.15, 0.2) is 0 Å². The SMILES string of the molecule is CNc1ncc(C)c(N2CCC(C)C(C)C2)n1. The zero-order valence-corrected chi connectivity index (χ0v) is 11.2. The minimum absolute atomic E-state index is 0.705. The molecule has 2 heterocycles. The Bertz CT molecular complexity index is 391. The van der Waals surface area contributed by atoms with Crippen molar-refractivity contribution in [3.05, 3.63) is 11.8 Å². The second-order valence-electron chi connectivity index (χ2n) is 5.14. The molecule has 0 aliphatic carbocycles. The van der Waals surface area contributed by atoms with Crippen LogP contribution in [0.5, 0.6) is 0 Å². The van der Waals surface area contributed by atoms with Crippen LogP contribution in [0.25, 0.3) is 0 Å². The van der Waals surface area contributed by atoms with Crippen LogP contribution in [0, 0.1) is 18.8 Å². The third-order valence-electron chi connectivity index (χ3n) is 3.80. The number of rotatable bonds is 2.